The Morgan fingerprint density at radius 2 is 1.79 bits per heavy atom. The Labute approximate surface area is 226 Å². The zero-order valence-corrected chi connectivity index (χ0v) is 21.5. The maximum Gasteiger partial charge on any atom is 0.254 e. The molecular formula is C29H32N4O6. The van der Waals surface area contributed by atoms with E-state index in [1.807, 2.05) is 18.2 Å². The van der Waals surface area contributed by atoms with Gasteiger partial charge >= 0.3 is 0 Å². The molecule has 5 N–H and O–H groups in total. The monoisotopic (exact) mass is 532 g/mol. The van der Waals surface area contributed by atoms with Crippen molar-refractivity contribution in [3.63, 3.8) is 0 Å². The highest BCUT2D eigenvalue weighted by molar-refractivity contribution is 5.97. The molecule has 0 bridgehead atoms. The van der Waals surface area contributed by atoms with Gasteiger partial charge in [0.1, 0.15) is 11.8 Å². The molecule has 4 atom stereocenters. The fraction of sp³-hybridized carbons (Fsp3) is 0.310. The minimum atomic E-state index is -1.71. The number of aromatic hydroxyl groups is 1. The standard InChI is InChI=1S/C29H32N4O6/c1-18-22(11-7-12-25(18)35)27(37)32-23(14-19-8-3-2-4-9-19)26(36)29(39)33-17-21(34)15-24(33)28(38)31-16-20-10-5-6-13-30-20/h2-13,21,23-24,26,34-36H,14-17H2,1H3,(H,31,38)(H,32,37)/t21-,23+,24+,26+/m1/s1. The number of carbonyl (C=O) groups excluding carboxylic acids is 3. The van der Waals surface area contributed by atoms with E-state index in [0.717, 1.165) is 10.5 Å². The topological polar surface area (TPSA) is 152 Å². The van der Waals surface area contributed by atoms with E-state index in [0.29, 0.717) is 11.3 Å². The lowest BCUT2D eigenvalue weighted by atomic mass is 9.98. The minimum Gasteiger partial charge on any atom is -0.508 e. The van der Waals surface area contributed by atoms with Gasteiger partial charge in [-0.1, -0.05) is 42.5 Å². The molecule has 1 aliphatic heterocycles. The number of phenols is 1. The van der Waals surface area contributed by atoms with Crippen molar-refractivity contribution in [2.45, 2.75) is 50.6 Å². The first-order valence-electron chi connectivity index (χ1n) is 12.7. The molecule has 2 aromatic carbocycles. The summed E-state index contributed by atoms with van der Waals surface area (Å²) < 4.78 is 0. The van der Waals surface area contributed by atoms with E-state index in [-0.39, 0.29) is 37.2 Å². The third kappa shape index (κ3) is 6.78. The van der Waals surface area contributed by atoms with Crippen LogP contribution in [-0.2, 0) is 22.6 Å². The van der Waals surface area contributed by atoms with Crippen LogP contribution in [0.15, 0.2) is 72.9 Å². The van der Waals surface area contributed by atoms with Crippen LogP contribution in [0.1, 0.15) is 33.6 Å². The molecule has 1 fully saturated rings. The summed E-state index contributed by atoms with van der Waals surface area (Å²) in [6, 6.07) is 16.8. The lowest BCUT2D eigenvalue weighted by Crippen LogP contribution is -2.55. The van der Waals surface area contributed by atoms with Crippen molar-refractivity contribution in [2.24, 2.45) is 0 Å². The number of pyridine rings is 1. The number of phenolic OH excluding ortho intramolecular Hbond substituents is 1. The number of amides is 3. The highest BCUT2D eigenvalue weighted by Crippen LogP contribution is 2.22. The van der Waals surface area contributed by atoms with Crippen LogP contribution in [0.25, 0.3) is 0 Å². The number of aliphatic hydroxyl groups is 2. The summed E-state index contributed by atoms with van der Waals surface area (Å²) in [5.41, 5.74) is 1.97. The number of rotatable bonds is 9. The number of hydrogen-bond donors (Lipinski definition) is 5. The Kier molecular flexibility index (Phi) is 8.90. The number of likely N-dealkylation sites (tertiary alicyclic amines) is 1. The highest BCUT2D eigenvalue weighted by atomic mass is 16.3. The van der Waals surface area contributed by atoms with Crippen molar-refractivity contribution in [1.82, 2.24) is 20.5 Å². The number of nitrogens with zero attached hydrogens (tertiary/aromatic N) is 2. The van der Waals surface area contributed by atoms with Crippen LogP contribution in [-0.4, -0.2) is 73.8 Å². The maximum absolute atomic E-state index is 13.5. The fourth-order valence-corrected chi connectivity index (χ4v) is 4.67. The molecule has 0 unspecified atom stereocenters. The number of aromatic nitrogens is 1. The number of nitrogens with one attached hydrogen (secondary N) is 2. The van der Waals surface area contributed by atoms with Crippen molar-refractivity contribution in [3.8, 4) is 5.75 Å². The molecular weight excluding hydrogens is 500 g/mol. The van der Waals surface area contributed by atoms with E-state index in [2.05, 4.69) is 15.6 Å². The number of carbonyl (C=O) groups is 3. The normalized spacial score (nSPS) is 18.3. The number of hydrogen-bond acceptors (Lipinski definition) is 7. The quantitative estimate of drug-likeness (QED) is 0.277. The maximum atomic E-state index is 13.5. The van der Waals surface area contributed by atoms with Gasteiger partial charge < -0.3 is 30.9 Å². The largest absolute Gasteiger partial charge is 0.508 e. The molecule has 3 aromatic rings. The van der Waals surface area contributed by atoms with E-state index >= 15 is 0 Å². The van der Waals surface area contributed by atoms with Gasteiger partial charge in [0.15, 0.2) is 6.10 Å². The van der Waals surface area contributed by atoms with Gasteiger partial charge in [-0.15, -0.1) is 0 Å². The molecule has 0 aliphatic carbocycles. The molecule has 1 aromatic heterocycles. The molecule has 10 nitrogen and oxygen atoms in total. The second-order valence-electron chi connectivity index (χ2n) is 9.60. The van der Waals surface area contributed by atoms with E-state index < -0.39 is 42.0 Å². The van der Waals surface area contributed by atoms with Crippen molar-refractivity contribution < 1.29 is 29.7 Å². The predicted molar refractivity (Wildman–Crippen MR) is 142 cm³/mol. The Balaban J connectivity index is 1.52. The Morgan fingerprint density at radius 1 is 1.05 bits per heavy atom. The molecule has 0 saturated carbocycles. The average Bonchev–Trinajstić information content (AvgIpc) is 3.34. The first kappa shape index (κ1) is 27.7. The van der Waals surface area contributed by atoms with Crippen LogP contribution in [0.4, 0.5) is 0 Å². The van der Waals surface area contributed by atoms with E-state index in [1.54, 1.807) is 43.5 Å². The van der Waals surface area contributed by atoms with Crippen LogP contribution < -0.4 is 10.6 Å². The fourth-order valence-electron chi connectivity index (χ4n) is 4.67. The number of benzene rings is 2. The van der Waals surface area contributed by atoms with Gasteiger partial charge in [0.2, 0.25) is 5.91 Å². The molecule has 10 heteroatoms. The molecule has 204 valence electrons. The second kappa shape index (κ2) is 12.5. The zero-order valence-electron chi connectivity index (χ0n) is 21.5. The van der Waals surface area contributed by atoms with E-state index in [9.17, 15) is 29.7 Å². The third-order valence-electron chi connectivity index (χ3n) is 6.83. The van der Waals surface area contributed by atoms with Crippen molar-refractivity contribution >= 4 is 17.7 Å². The van der Waals surface area contributed by atoms with Gasteiger partial charge in [-0.2, -0.15) is 0 Å². The summed E-state index contributed by atoms with van der Waals surface area (Å²) in [7, 11) is 0. The first-order chi connectivity index (χ1) is 18.7. The minimum absolute atomic E-state index is 0.0186. The molecule has 0 radical (unpaired) electrons. The second-order valence-corrected chi connectivity index (χ2v) is 9.60. The van der Waals surface area contributed by atoms with Gasteiger partial charge in [-0.05, 0) is 43.2 Å². The number of aliphatic hydroxyl groups excluding tert-OH is 2. The van der Waals surface area contributed by atoms with Crippen molar-refractivity contribution in [2.75, 3.05) is 6.54 Å². The molecule has 1 aliphatic rings. The van der Waals surface area contributed by atoms with Gasteiger partial charge in [0.25, 0.3) is 11.8 Å². The Bertz CT molecular complexity index is 1300. The molecule has 39 heavy (non-hydrogen) atoms. The smallest absolute Gasteiger partial charge is 0.254 e. The summed E-state index contributed by atoms with van der Waals surface area (Å²) in [5, 5.41) is 37.0. The van der Waals surface area contributed by atoms with E-state index in [4.69, 9.17) is 0 Å². The highest BCUT2D eigenvalue weighted by Gasteiger charge is 2.42. The summed E-state index contributed by atoms with van der Waals surface area (Å²) in [6.45, 7) is 1.61. The molecule has 2 heterocycles. The lowest BCUT2D eigenvalue weighted by Gasteiger charge is -2.30. The zero-order chi connectivity index (χ0) is 27.9. The lowest BCUT2D eigenvalue weighted by molar-refractivity contribution is -0.146. The Hall–Kier alpha value is -4.28. The van der Waals surface area contributed by atoms with Gasteiger partial charge in [0, 0.05) is 30.3 Å². The summed E-state index contributed by atoms with van der Waals surface area (Å²) >= 11 is 0. The summed E-state index contributed by atoms with van der Waals surface area (Å²) in [4.78, 5) is 45.0. The van der Waals surface area contributed by atoms with Crippen molar-refractivity contribution in [1.29, 1.82) is 0 Å². The van der Waals surface area contributed by atoms with Gasteiger partial charge in [-0.3, -0.25) is 19.4 Å². The van der Waals surface area contributed by atoms with Crippen molar-refractivity contribution in [3.05, 3.63) is 95.3 Å². The summed E-state index contributed by atoms with van der Waals surface area (Å²) in [5.74, 6) is -1.87. The van der Waals surface area contributed by atoms with Gasteiger partial charge in [0.05, 0.1) is 24.4 Å². The van der Waals surface area contributed by atoms with Crippen LogP contribution in [0.2, 0.25) is 0 Å². The third-order valence-corrected chi connectivity index (χ3v) is 6.83. The van der Waals surface area contributed by atoms with Crippen LogP contribution in [0.3, 0.4) is 0 Å². The van der Waals surface area contributed by atoms with Crippen LogP contribution in [0.5, 0.6) is 5.75 Å². The molecule has 4 rings (SSSR count). The summed E-state index contributed by atoms with van der Waals surface area (Å²) in [6.07, 6.45) is -0.895. The van der Waals surface area contributed by atoms with Crippen LogP contribution in [0, 0.1) is 6.92 Å². The SMILES string of the molecule is Cc1c(O)cccc1C(=O)N[C@@H](Cc1ccccc1)[C@H](O)C(=O)N1C[C@H](O)C[C@H]1C(=O)NCc1ccccn1. The van der Waals surface area contributed by atoms with Gasteiger partial charge in [-0.25, -0.2) is 0 Å². The van der Waals surface area contributed by atoms with Crippen LogP contribution >= 0.6 is 0 Å². The predicted octanol–water partition coefficient (Wildman–Crippen LogP) is 1.08. The molecule has 0 spiro atoms. The Morgan fingerprint density at radius 3 is 2.51 bits per heavy atom. The molecule has 1 saturated heterocycles. The average molecular weight is 533 g/mol. The first-order valence-corrected chi connectivity index (χ1v) is 12.7. The van der Waals surface area contributed by atoms with E-state index in [1.165, 1.54) is 18.2 Å². The number of β-amino-alcohol motifs (C(OH)–C–C–N with tert-alkyl or cyclic N) is 1. The molecule has 3 amide bonds.